The van der Waals surface area contributed by atoms with Gasteiger partial charge in [0.2, 0.25) is 11.8 Å². The van der Waals surface area contributed by atoms with E-state index in [1.165, 1.54) is 0 Å². The highest BCUT2D eigenvalue weighted by molar-refractivity contribution is 6.04. The normalized spacial score (nSPS) is 10.5. The maximum absolute atomic E-state index is 12.6. The topological polar surface area (TPSA) is 86.5 Å². The van der Waals surface area contributed by atoms with Crippen LogP contribution in [0.25, 0.3) is 22.9 Å². The number of carbonyl (C=O) groups excluding carboxylic acids is 1. The fourth-order valence-electron chi connectivity index (χ4n) is 3.11. The predicted octanol–water partition coefficient (Wildman–Crippen LogP) is 4.98. The summed E-state index contributed by atoms with van der Waals surface area (Å²) in [5.41, 5.74) is 3.74. The second-order valence-corrected chi connectivity index (χ2v) is 6.86. The van der Waals surface area contributed by atoms with Gasteiger partial charge in [-0.3, -0.25) is 4.79 Å². The number of hydrogen-bond acceptors (Lipinski definition) is 6. The van der Waals surface area contributed by atoms with E-state index in [1.807, 2.05) is 31.2 Å². The van der Waals surface area contributed by atoms with Crippen LogP contribution in [0.3, 0.4) is 0 Å². The lowest BCUT2D eigenvalue weighted by Gasteiger charge is -2.10. The van der Waals surface area contributed by atoms with Crippen molar-refractivity contribution < 1.29 is 18.7 Å². The molecule has 0 saturated heterocycles. The summed E-state index contributed by atoms with van der Waals surface area (Å²) in [6.07, 6.45) is 0. The van der Waals surface area contributed by atoms with E-state index < -0.39 is 0 Å². The first-order valence-corrected chi connectivity index (χ1v) is 9.62. The van der Waals surface area contributed by atoms with Crippen molar-refractivity contribution in [1.29, 1.82) is 0 Å². The van der Waals surface area contributed by atoms with Gasteiger partial charge < -0.3 is 19.2 Å². The molecule has 0 spiro atoms. The molecule has 0 saturated carbocycles. The zero-order chi connectivity index (χ0) is 21.8. The Morgan fingerprint density at radius 2 is 1.52 bits per heavy atom. The molecule has 1 N–H and O–H groups in total. The van der Waals surface area contributed by atoms with Gasteiger partial charge in [-0.2, -0.15) is 0 Å². The second kappa shape index (κ2) is 8.71. The minimum Gasteiger partial charge on any atom is -0.497 e. The van der Waals surface area contributed by atoms with Crippen LogP contribution in [0.2, 0.25) is 0 Å². The number of rotatable bonds is 6. The van der Waals surface area contributed by atoms with Crippen molar-refractivity contribution in [3.63, 3.8) is 0 Å². The largest absolute Gasteiger partial charge is 0.497 e. The number of carbonyl (C=O) groups is 1. The summed E-state index contributed by atoms with van der Waals surface area (Å²) in [4.78, 5) is 12.6. The van der Waals surface area contributed by atoms with Crippen molar-refractivity contribution in [1.82, 2.24) is 10.2 Å². The Hall–Kier alpha value is -4.13. The molecule has 1 aromatic heterocycles. The fourth-order valence-corrected chi connectivity index (χ4v) is 3.11. The maximum Gasteiger partial charge on any atom is 0.255 e. The van der Waals surface area contributed by atoms with E-state index in [9.17, 15) is 4.79 Å². The van der Waals surface area contributed by atoms with Crippen molar-refractivity contribution >= 4 is 11.6 Å². The van der Waals surface area contributed by atoms with Crippen molar-refractivity contribution in [2.24, 2.45) is 0 Å². The first-order valence-electron chi connectivity index (χ1n) is 9.62. The van der Waals surface area contributed by atoms with Crippen LogP contribution in [0.5, 0.6) is 11.5 Å². The van der Waals surface area contributed by atoms with Crippen molar-refractivity contribution in [3.05, 3.63) is 77.9 Å². The highest BCUT2D eigenvalue weighted by atomic mass is 16.5. The van der Waals surface area contributed by atoms with Crippen LogP contribution in [-0.4, -0.2) is 30.3 Å². The van der Waals surface area contributed by atoms with Crippen LogP contribution in [0.4, 0.5) is 5.69 Å². The Morgan fingerprint density at radius 1 is 0.871 bits per heavy atom. The Labute approximate surface area is 179 Å². The number of aryl methyl sites for hydroxylation is 1. The van der Waals surface area contributed by atoms with Crippen molar-refractivity contribution in [3.8, 4) is 34.4 Å². The van der Waals surface area contributed by atoms with Gasteiger partial charge in [-0.1, -0.05) is 18.2 Å². The number of methoxy groups -OCH3 is 2. The van der Waals surface area contributed by atoms with E-state index in [-0.39, 0.29) is 5.91 Å². The average molecular weight is 415 g/mol. The quantitative estimate of drug-likeness (QED) is 0.478. The number of nitrogens with zero attached hydrogens (tertiary/aromatic N) is 2. The number of hydrogen-bond donors (Lipinski definition) is 1. The lowest BCUT2D eigenvalue weighted by molar-refractivity contribution is 0.102. The van der Waals surface area contributed by atoms with Crippen LogP contribution in [0.15, 0.2) is 71.1 Å². The fraction of sp³-hybridized carbons (Fsp3) is 0.125. The standard InChI is InChI=1S/C24H21N3O4/c1-15-6-4-5-7-21(15)24-27-26-23(31-24)17-10-8-16(9-11-17)22(28)25-18-12-19(29-2)14-20(13-18)30-3/h4-14H,1-3H3,(H,25,28). The first-order chi connectivity index (χ1) is 15.1. The molecule has 0 radical (unpaired) electrons. The van der Waals surface area contributed by atoms with Crippen LogP contribution < -0.4 is 14.8 Å². The summed E-state index contributed by atoms with van der Waals surface area (Å²) in [6, 6.07) is 20.0. The van der Waals surface area contributed by atoms with Crippen LogP contribution in [0, 0.1) is 6.92 Å². The zero-order valence-corrected chi connectivity index (χ0v) is 17.4. The Kier molecular flexibility index (Phi) is 5.66. The summed E-state index contributed by atoms with van der Waals surface area (Å²) in [5.74, 6) is 1.77. The second-order valence-electron chi connectivity index (χ2n) is 6.86. The van der Waals surface area contributed by atoms with Crippen molar-refractivity contribution in [2.45, 2.75) is 6.92 Å². The molecule has 0 fully saturated rings. The Balaban J connectivity index is 1.51. The molecule has 4 rings (SSSR count). The molecule has 4 aromatic rings. The number of ether oxygens (including phenoxy) is 2. The van der Waals surface area contributed by atoms with Gasteiger partial charge in [-0.25, -0.2) is 0 Å². The summed E-state index contributed by atoms with van der Waals surface area (Å²) in [6.45, 7) is 1.99. The summed E-state index contributed by atoms with van der Waals surface area (Å²) >= 11 is 0. The lowest BCUT2D eigenvalue weighted by atomic mass is 10.1. The third kappa shape index (κ3) is 4.40. The van der Waals surface area contributed by atoms with E-state index in [4.69, 9.17) is 13.9 Å². The average Bonchev–Trinajstić information content (AvgIpc) is 3.29. The Morgan fingerprint density at radius 3 is 2.16 bits per heavy atom. The number of anilines is 1. The molecule has 156 valence electrons. The molecule has 7 heteroatoms. The molecule has 0 aliphatic heterocycles. The minimum absolute atomic E-state index is 0.256. The molecular weight excluding hydrogens is 394 g/mol. The molecule has 0 aliphatic rings. The van der Waals surface area contributed by atoms with Crippen LogP contribution >= 0.6 is 0 Å². The highest BCUT2D eigenvalue weighted by Crippen LogP contribution is 2.28. The molecular formula is C24H21N3O4. The molecule has 1 amide bonds. The van der Waals surface area contributed by atoms with Crippen LogP contribution in [-0.2, 0) is 0 Å². The Bertz CT molecular complexity index is 1190. The van der Waals surface area contributed by atoms with E-state index in [1.54, 1.807) is 56.7 Å². The van der Waals surface area contributed by atoms with Gasteiger partial charge in [0, 0.05) is 40.6 Å². The van der Waals surface area contributed by atoms with Gasteiger partial charge in [0.25, 0.3) is 5.91 Å². The van der Waals surface area contributed by atoms with Gasteiger partial charge in [-0.05, 0) is 42.8 Å². The van der Waals surface area contributed by atoms with Gasteiger partial charge in [0.1, 0.15) is 11.5 Å². The molecule has 0 aliphatic carbocycles. The molecule has 1 heterocycles. The third-order valence-electron chi connectivity index (χ3n) is 4.80. The minimum atomic E-state index is -0.256. The van der Waals surface area contributed by atoms with E-state index in [0.717, 1.165) is 16.7 Å². The molecule has 3 aromatic carbocycles. The van der Waals surface area contributed by atoms with Crippen molar-refractivity contribution in [2.75, 3.05) is 19.5 Å². The maximum atomic E-state index is 12.6. The first kappa shape index (κ1) is 20.2. The number of nitrogens with one attached hydrogen (secondary N) is 1. The number of benzene rings is 3. The SMILES string of the molecule is COc1cc(NC(=O)c2ccc(-c3nnc(-c4ccccc4C)o3)cc2)cc(OC)c1. The molecule has 0 bridgehead atoms. The summed E-state index contributed by atoms with van der Waals surface area (Å²) < 4.78 is 16.3. The number of aromatic nitrogens is 2. The van der Waals surface area contributed by atoms with Gasteiger partial charge in [0.05, 0.1) is 14.2 Å². The monoisotopic (exact) mass is 415 g/mol. The van der Waals surface area contributed by atoms with E-state index >= 15 is 0 Å². The van der Waals surface area contributed by atoms with Gasteiger partial charge in [-0.15, -0.1) is 10.2 Å². The zero-order valence-electron chi connectivity index (χ0n) is 17.4. The summed E-state index contributed by atoms with van der Waals surface area (Å²) in [5, 5.41) is 11.1. The van der Waals surface area contributed by atoms with E-state index in [2.05, 4.69) is 15.5 Å². The molecule has 0 atom stereocenters. The van der Waals surface area contributed by atoms with E-state index in [0.29, 0.717) is 34.5 Å². The van der Waals surface area contributed by atoms with Gasteiger partial charge in [0.15, 0.2) is 0 Å². The van der Waals surface area contributed by atoms with Crippen LogP contribution in [0.1, 0.15) is 15.9 Å². The predicted molar refractivity (Wildman–Crippen MR) is 117 cm³/mol. The van der Waals surface area contributed by atoms with Gasteiger partial charge >= 0.3 is 0 Å². The third-order valence-corrected chi connectivity index (χ3v) is 4.80. The molecule has 31 heavy (non-hydrogen) atoms. The highest BCUT2D eigenvalue weighted by Gasteiger charge is 2.13. The molecule has 7 nitrogen and oxygen atoms in total. The molecule has 0 unspecified atom stereocenters. The number of amides is 1. The smallest absolute Gasteiger partial charge is 0.255 e. The lowest BCUT2D eigenvalue weighted by Crippen LogP contribution is -2.11. The summed E-state index contributed by atoms with van der Waals surface area (Å²) in [7, 11) is 3.11.